The maximum Gasteiger partial charge on any atom is 0.311 e. The SMILES string of the molecule is CCCC(=O)N1CSCC1C(=O)N1CCC(C)(C(=O)O)C1. The highest BCUT2D eigenvalue weighted by atomic mass is 32.2. The minimum atomic E-state index is -0.863. The van der Waals surface area contributed by atoms with Crippen LogP contribution >= 0.6 is 11.8 Å². The second kappa shape index (κ2) is 6.25. The molecule has 2 rings (SSSR count). The van der Waals surface area contributed by atoms with Crippen molar-refractivity contribution in [3.8, 4) is 0 Å². The summed E-state index contributed by atoms with van der Waals surface area (Å²) in [4.78, 5) is 39.2. The van der Waals surface area contributed by atoms with Gasteiger partial charge in [-0.25, -0.2) is 0 Å². The number of carbonyl (C=O) groups is 3. The van der Waals surface area contributed by atoms with Crippen LogP contribution < -0.4 is 0 Å². The third-order valence-electron chi connectivity index (χ3n) is 4.25. The number of nitrogens with zero attached hydrogens (tertiary/aromatic N) is 2. The second-order valence-corrected chi connectivity index (χ2v) is 7.00. The van der Waals surface area contributed by atoms with Gasteiger partial charge in [-0.1, -0.05) is 6.92 Å². The molecule has 2 atom stereocenters. The summed E-state index contributed by atoms with van der Waals surface area (Å²) in [5, 5.41) is 9.24. The number of aliphatic carboxylic acids is 1. The molecule has 118 valence electrons. The van der Waals surface area contributed by atoms with Crippen LogP contribution in [0, 0.1) is 5.41 Å². The topological polar surface area (TPSA) is 77.9 Å². The van der Waals surface area contributed by atoms with Crippen molar-refractivity contribution in [1.29, 1.82) is 0 Å². The summed E-state index contributed by atoms with van der Waals surface area (Å²) in [5.41, 5.74) is -0.861. The van der Waals surface area contributed by atoms with E-state index in [1.54, 1.807) is 28.5 Å². The first-order chi connectivity index (χ1) is 9.89. The summed E-state index contributed by atoms with van der Waals surface area (Å²) in [5.74, 6) is 0.210. The van der Waals surface area contributed by atoms with Gasteiger partial charge in [-0.05, 0) is 19.8 Å². The lowest BCUT2D eigenvalue weighted by Gasteiger charge is -2.28. The number of hydrogen-bond acceptors (Lipinski definition) is 4. The highest BCUT2D eigenvalue weighted by Crippen LogP contribution is 2.32. The molecule has 0 bridgehead atoms. The summed E-state index contributed by atoms with van der Waals surface area (Å²) < 4.78 is 0. The van der Waals surface area contributed by atoms with Gasteiger partial charge in [0.2, 0.25) is 11.8 Å². The third kappa shape index (κ3) is 3.17. The molecule has 0 spiro atoms. The second-order valence-electron chi connectivity index (χ2n) is 6.00. The van der Waals surface area contributed by atoms with E-state index in [2.05, 4.69) is 0 Å². The molecule has 7 heteroatoms. The lowest BCUT2D eigenvalue weighted by molar-refractivity contribution is -0.148. The number of rotatable bonds is 4. The van der Waals surface area contributed by atoms with Crippen molar-refractivity contribution in [2.24, 2.45) is 5.41 Å². The molecule has 0 aromatic rings. The predicted octanol–water partition coefficient (Wildman–Crippen LogP) is 1.01. The summed E-state index contributed by atoms with van der Waals surface area (Å²) in [6.07, 6.45) is 1.69. The Kier molecular flexibility index (Phi) is 4.81. The zero-order valence-electron chi connectivity index (χ0n) is 12.5. The number of carboxylic acid groups (broad SMARTS) is 1. The molecule has 0 aromatic heterocycles. The molecule has 2 aliphatic heterocycles. The van der Waals surface area contributed by atoms with Crippen LogP contribution in [0.4, 0.5) is 0 Å². The quantitative estimate of drug-likeness (QED) is 0.838. The summed E-state index contributed by atoms with van der Waals surface area (Å²) in [6, 6.07) is -0.426. The smallest absolute Gasteiger partial charge is 0.311 e. The Hall–Kier alpha value is -1.24. The van der Waals surface area contributed by atoms with Crippen molar-refractivity contribution in [2.45, 2.75) is 39.2 Å². The Morgan fingerprint density at radius 3 is 2.67 bits per heavy atom. The van der Waals surface area contributed by atoms with Crippen molar-refractivity contribution in [2.75, 3.05) is 24.7 Å². The maximum absolute atomic E-state index is 12.6. The molecule has 1 N–H and O–H groups in total. The standard InChI is InChI=1S/C14H22N2O4S/c1-3-4-11(17)16-9-21-7-10(16)12(18)15-6-5-14(2,8-15)13(19)20/h10H,3-9H2,1-2H3,(H,19,20). The molecule has 2 unspecified atom stereocenters. The van der Waals surface area contributed by atoms with E-state index in [0.717, 1.165) is 6.42 Å². The molecular formula is C14H22N2O4S. The van der Waals surface area contributed by atoms with E-state index in [1.807, 2.05) is 6.92 Å². The first kappa shape index (κ1) is 16.1. The van der Waals surface area contributed by atoms with Crippen LogP contribution in [0.3, 0.4) is 0 Å². The van der Waals surface area contributed by atoms with Crippen LogP contribution in [-0.4, -0.2) is 63.5 Å². The fourth-order valence-corrected chi connectivity index (χ4v) is 3.96. The van der Waals surface area contributed by atoms with E-state index in [9.17, 15) is 19.5 Å². The first-order valence-electron chi connectivity index (χ1n) is 7.28. The average molecular weight is 314 g/mol. The molecule has 0 aliphatic carbocycles. The Morgan fingerprint density at radius 1 is 1.38 bits per heavy atom. The van der Waals surface area contributed by atoms with Crippen LogP contribution in [0.2, 0.25) is 0 Å². The summed E-state index contributed by atoms with van der Waals surface area (Å²) in [7, 11) is 0. The molecule has 2 amide bonds. The zero-order chi connectivity index (χ0) is 15.6. The summed E-state index contributed by atoms with van der Waals surface area (Å²) >= 11 is 1.58. The van der Waals surface area contributed by atoms with Crippen LogP contribution in [0.15, 0.2) is 0 Å². The van der Waals surface area contributed by atoms with E-state index in [4.69, 9.17) is 0 Å². The van der Waals surface area contributed by atoms with E-state index >= 15 is 0 Å². The Bertz CT molecular complexity index is 456. The maximum atomic E-state index is 12.6. The van der Waals surface area contributed by atoms with E-state index in [1.165, 1.54) is 0 Å². The molecule has 2 saturated heterocycles. The van der Waals surface area contributed by atoms with Crippen LogP contribution in [-0.2, 0) is 14.4 Å². The zero-order valence-corrected chi connectivity index (χ0v) is 13.3. The van der Waals surface area contributed by atoms with Crippen LogP contribution in [0.1, 0.15) is 33.1 Å². The number of thioether (sulfide) groups is 1. The largest absolute Gasteiger partial charge is 0.481 e. The van der Waals surface area contributed by atoms with Gasteiger partial charge >= 0.3 is 5.97 Å². The molecule has 0 aromatic carbocycles. The molecule has 2 aliphatic rings. The van der Waals surface area contributed by atoms with Gasteiger partial charge in [-0.2, -0.15) is 0 Å². The van der Waals surface area contributed by atoms with Crippen molar-refractivity contribution in [3.63, 3.8) is 0 Å². The number of carboxylic acids is 1. The average Bonchev–Trinajstić information content (AvgIpc) is 3.05. The van der Waals surface area contributed by atoms with Crippen molar-refractivity contribution in [3.05, 3.63) is 0 Å². The van der Waals surface area contributed by atoms with Crippen molar-refractivity contribution in [1.82, 2.24) is 9.80 Å². The normalized spacial score (nSPS) is 29.0. The Labute approximate surface area is 128 Å². The first-order valence-corrected chi connectivity index (χ1v) is 8.44. The minimum Gasteiger partial charge on any atom is -0.481 e. The number of hydrogen-bond donors (Lipinski definition) is 1. The van der Waals surface area contributed by atoms with Crippen molar-refractivity contribution >= 4 is 29.5 Å². The number of likely N-dealkylation sites (tertiary alicyclic amines) is 1. The van der Waals surface area contributed by atoms with Gasteiger partial charge in [-0.15, -0.1) is 11.8 Å². The lowest BCUT2D eigenvalue weighted by atomic mass is 9.90. The fraction of sp³-hybridized carbons (Fsp3) is 0.786. The number of carbonyl (C=O) groups excluding carboxylic acids is 2. The van der Waals surface area contributed by atoms with Gasteiger partial charge in [0.1, 0.15) is 6.04 Å². The van der Waals surface area contributed by atoms with Crippen molar-refractivity contribution < 1.29 is 19.5 Å². The molecule has 2 fully saturated rings. The molecule has 0 saturated carbocycles. The van der Waals surface area contributed by atoms with Crippen LogP contribution in [0.25, 0.3) is 0 Å². The van der Waals surface area contributed by atoms with Gasteiger partial charge < -0.3 is 14.9 Å². The molecule has 6 nitrogen and oxygen atoms in total. The monoisotopic (exact) mass is 314 g/mol. The Morgan fingerprint density at radius 2 is 2.10 bits per heavy atom. The molecule has 2 heterocycles. The van der Waals surface area contributed by atoms with Gasteiger partial charge in [0.05, 0.1) is 11.3 Å². The lowest BCUT2D eigenvalue weighted by Crippen LogP contribution is -2.49. The minimum absolute atomic E-state index is 0.0149. The predicted molar refractivity (Wildman–Crippen MR) is 79.8 cm³/mol. The van der Waals surface area contributed by atoms with E-state index in [-0.39, 0.29) is 18.4 Å². The van der Waals surface area contributed by atoms with Gasteiger partial charge in [0.15, 0.2) is 0 Å². The van der Waals surface area contributed by atoms with E-state index in [0.29, 0.717) is 31.0 Å². The molecule has 0 radical (unpaired) electrons. The van der Waals surface area contributed by atoms with Gasteiger partial charge in [-0.3, -0.25) is 14.4 Å². The highest BCUT2D eigenvalue weighted by molar-refractivity contribution is 7.99. The van der Waals surface area contributed by atoms with Crippen LogP contribution in [0.5, 0.6) is 0 Å². The molecule has 21 heavy (non-hydrogen) atoms. The number of amides is 2. The summed E-state index contributed by atoms with van der Waals surface area (Å²) in [6.45, 7) is 4.31. The fourth-order valence-electron chi connectivity index (χ4n) is 2.79. The third-order valence-corrected chi connectivity index (χ3v) is 5.27. The van der Waals surface area contributed by atoms with Gasteiger partial charge in [0, 0.05) is 25.3 Å². The molecular weight excluding hydrogens is 292 g/mol. The highest BCUT2D eigenvalue weighted by Gasteiger charge is 2.45. The Balaban J connectivity index is 2.03. The van der Waals surface area contributed by atoms with Gasteiger partial charge in [0.25, 0.3) is 0 Å². The van der Waals surface area contributed by atoms with E-state index < -0.39 is 17.4 Å².